The second-order valence-electron chi connectivity index (χ2n) is 7.41. The average Bonchev–Trinajstić information content (AvgIpc) is 3.02. The molecule has 1 aromatic rings. The maximum absolute atomic E-state index is 9.94. The number of methoxy groups -OCH3 is 1. The summed E-state index contributed by atoms with van der Waals surface area (Å²) in [5, 5.41) is 13.4. The van der Waals surface area contributed by atoms with Crippen LogP contribution in [0.4, 0.5) is 0 Å². The summed E-state index contributed by atoms with van der Waals surface area (Å²) in [5.74, 6) is 1.67. The summed E-state index contributed by atoms with van der Waals surface area (Å²) >= 11 is 0. The fourth-order valence-electron chi connectivity index (χ4n) is 4.25. The maximum Gasteiger partial charge on any atom is 0.194 e. The van der Waals surface area contributed by atoms with E-state index in [1.807, 2.05) is 6.07 Å². The lowest BCUT2D eigenvalue weighted by Crippen LogP contribution is -2.41. The van der Waals surface area contributed by atoms with Crippen LogP contribution < -0.4 is 10.1 Å². The summed E-state index contributed by atoms with van der Waals surface area (Å²) in [5.41, 5.74) is 1.51. The Morgan fingerprint density at radius 1 is 1.27 bits per heavy atom. The molecule has 3 rings (SSSR count). The van der Waals surface area contributed by atoms with Crippen LogP contribution in [0.1, 0.15) is 51.0 Å². The van der Waals surface area contributed by atoms with Gasteiger partial charge in [-0.2, -0.15) is 0 Å². The molecule has 1 saturated heterocycles. The molecule has 0 bridgehead atoms. The van der Waals surface area contributed by atoms with Crippen LogP contribution in [0.25, 0.3) is 0 Å². The summed E-state index contributed by atoms with van der Waals surface area (Å²) in [6.45, 7) is 5.77. The van der Waals surface area contributed by atoms with Gasteiger partial charge in [-0.1, -0.05) is 25.3 Å². The van der Waals surface area contributed by atoms with E-state index in [2.05, 4.69) is 17.1 Å². The van der Waals surface area contributed by atoms with Crippen molar-refractivity contribution in [2.24, 2.45) is 10.4 Å². The monoisotopic (exact) mass is 473 g/mol. The number of aliphatic imine (C=N–C) groups is 1. The van der Waals surface area contributed by atoms with Crippen molar-refractivity contribution in [3.8, 4) is 11.5 Å². The SMILES string of the molecule is CCNC(=NCc1ccc(OC)c(O)c1)N1CCC2(CCCCC2)C1.I. The molecule has 1 spiro atoms. The van der Waals surface area contributed by atoms with Gasteiger partial charge in [0.25, 0.3) is 0 Å². The molecular formula is C20H32IN3O2. The van der Waals surface area contributed by atoms with Crippen molar-refractivity contribution in [3.05, 3.63) is 23.8 Å². The van der Waals surface area contributed by atoms with E-state index in [-0.39, 0.29) is 29.7 Å². The van der Waals surface area contributed by atoms with Crippen molar-refractivity contribution in [1.29, 1.82) is 0 Å². The Bertz CT molecular complexity index is 615. The van der Waals surface area contributed by atoms with Crippen molar-refractivity contribution in [3.63, 3.8) is 0 Å². The van der Waals surface area contributed by atoms with Crippen molar-refractivity contribution < 1.29 is 9.84 Å². The highest BCUT2D eigenvalue weighted by Crippen LogP contribution is 2.43. The van der Waals surface area contributed by atoms with Crippen LogP contribution in [-0.4, -0.2) is 42.7 Å². The predicted molar refractivity (Wildman–Crippen MR) is 117 cm³/mol. The Balaban J connectivity index is 0.00000243. The molecule has 0 aromatic heterocycles. The molecule has 1 aliphatic carbocycles. The minimum Gasteiger partial charge on any atom is -0.504 e. The fourth-order valence-corrected chi connectivity index (χ4v) is 4.25. The average molecular weight is 473 g/mol. The largest absolute Gasteiger partial charge is 0.504 e. The number of halogens is 1. The molecule has 2 fully saturated rings. The summed E-state index contributed by atoms with van der Waals surface area (Å²) < 4.78 is 5.10. The third kappa shape index (κ3) is 4.96. The number of phenols is 1. The van der Waals surface area contributed by atoms with Crippen LogP contribution in [-0.2, 0) is 6.54 Å². The number of guanidine groups is 1. The predicted octanol–water partition coefficient (Wildman–Crippen LogP) is 4.14. The number of benzene rings is 1. The number of phenolic OH excluding ortho intramolecular Hbond substituents is 1. The fraction of sp³-hybridized carbons (Fsp3) is 0.650. The Morgan fingerprint density at radius 3 is 2.69 bits per heavy atom. The molecule has 0 atom stereocenters. The molecule has 5 nitrogen and oxygen atoms in total. The number of ether oxygens (including phenoxy) is 1. The quantitative estimate of drug-likeness (QED) is 0.392. The van der Waals surface area contributed by atoms with Gasteiger partial charge in [-0.15, -0.1) is 24.0 Å². The number of likely N-dealkylation sites (tertiary alicyclic amines) is 1. The van der Waals surface area contributed by atoms with Crippen molar-refractivity contribution in [1.82, 2.24) is 10.2 Å². The van der Waals surface area contributed by atoms with Crippen molar-refractivity contribution in [2.75, 3.05) is 26.7 Å². The third-order valence-electron chi connectivity index (χ3n) is 5.64. The Labute approximate surface area is 174 Å². The zero-order chi connectivity index (χ0) is 17.7. The number of hydrogen-bond donors (Lipinski definition) is 2. The minimum absolute atomic E-state index is 0. The number of nitrogens with zero attached hydrogens (tertiary/aromatic N) is 2. The van der Waals surface area contributed by atoms with E-state index in [0.29, 0.717) is 17.7 Å². The highest BCUT2D eigenvalue weighted by molar-refractivity contribution is 14.0. The van der Waals surface area contributed by atoms with Crippen LogP contribution in [0.15, 0.2) is 23.2 Å². The van der Waals surface area contributed by atoms with E-state index in [0.717, 1.165) is 31.2 Å². The van der Waals surface area contributed by atoms with Crippen LogP contribution in [0, 0.1) is 5.41 Å². The molecule has 0 amide bonds. The molecule has 6 heteroatoms. The molecule has 1 heterocycles. The molecule has 1 aliphatic heterocycles. The highest BCUT2D eigenvalue weighted by atomic mass is 127. The van der Waals surface area contributed by atoms with Gasteiger partial charge in [0, 0.05) is 19.6 Å². The van der Waals surface area contributed by atoms with Crippen LogP contribution in [0.5, 0.6) is 11.5 Å². The van der Waals surface area contributed by atoms with Crippen molar-refractivity contribution >= 4 is 29.9 Å². The summed E-state index contributed by atoms with van der Waals surface area (Å²) in [6, 6.07) is 5.48. The van der Waals surface area contributed by atoms with Gasteiger partial charge in [0.15, 0.2) is 17.5 Å². The van der Waals surface area contributed by atoms with Crippen LogP contribution in [0.2, 0.25) is 0 Å². The molecule has 1 aromatic carbocycles. The first kappa shape index (κ1) is 21.1. The first-order valence-corrected chi connectivity index (χ1v) is 9.55. The lowest BCUT2D eigenvalue weighted by Gasteiger charge is -2.33. The highest BCUT2D eigenvalue weighted by Gasteiger charge is 2.39. The molecule has 1 saturated carbocycles. The Hall–Kier alpha value is -1.18. The van der Waals surface area contributed by atoms with Gasteiger partial charge >= 0.3 is 0 Å². The lowest BCUT2D eigenvalue weighted by molar-refractivity contribution is 0.203. The Morgan fingerprint density at radius 2 is 2.04 bits per heavy atom. The molecule has 2 N–H and O–H groups in total. The zero-order valence-electron chi connectivity index (χ0n) is 16.0. The molecule has 26 heavy (non-hydrogen) atoms. The molecule has 0 radical (unpaired) electrons. The Kier molecular flexibility index (Phi) is 7.85. The van der Waals surface area contributed by atoms with Gasteiger partial charge in [0.05, 0.1) is 13.7 Å². The molecular weight excluding hydrogens is 441 g/mol. The second-order valence-corrected chi connectivity index (χ2v) is 7.41. The summed E-state index contributed by atoms with van der Waals surface area (Å²) in [7, 11) is 1.56. The van der Waals surface area contributed by atoms with Crippen LogP contribution >= 0.6 is 24.0 Å². The van der Waals surface area contributed by atoms with E-state index in [9.17, 15) is 5.11 Å². The third-order valence-corrected chi connectivity index (χ3v) is 5.64. The summed E-state index contributed by atoms with van der Waals surface area (Å²) in [6.07, 6.45) is 8.20. The van der Waals surface area contributed by atoms with E-state index in [1.54, 1.807) is 19.2 Å². The normalized spacial score (nSPS) is 19.3. The van der Waals surface area contributed by atoms with Gasteiger partial charge in [-0.25, -0.2) is 4.99 Å². The van der Waals surface area contributed by atoms with Gasteiger partial charge in [-0.05, 0) is 49.3 Å². The number of nitrogens with one attached hydrogen (secondary N) is 1. The standard InChI is InChI=1S/C20H31N3O2.HI/c1-3-21-19(22-14-16-7-8-18(25-2)17(24)13-16)23-12-11-20(15-23)9-5-4-6-10-20;/h7-8,13,24H,3-6,9-12,14-15H2,1-2H3,(H,21,22);1H. The first-order valence-electron chi connectivity index (χ1n) is 9.55. The smallest absolute Gasteiger partial charge is 0.194 e. The minimum atomic E-state index is 0. The molecule has 2 aliphatic rings. The van der Waals surface area contributed by atoms with E-state index >= 15 is 0 Å². The van der Waals surface area contributed by atoms with E-state index < -0.39 is 0 Å². The van der Waals surface area contributed by atoms with Crippen molar-refractivity contribution in [2.45, 2.75) is 52.0 Å². The maximum atomic E-state index is 9.94. The van der Waals surface area contributed by atoms with Gasteiger partial charge < -0.3 is 20.1 Å². The van der Waals surface area contributed by atoms with E-state index in [1.165, 1.54) is 38.5 Å². The van der Waals surface area contributed by atoms with E-state index in [4.69, 9.17) is 9.73 Å². The number of hydrogen-bond acceptors (Lipinski definition) is 3. The topological polar surface area (TPSA) is 57.1 Å². The number of rotatable bonds is 4. The number of aromatic hydroxyl groups is 1. The summed E-state index contributed by atoms with van der Waals surface area (Å²) in [4.78, 5) is 7.25. The molecule has 146 valence electrons. The van der Waals surface area contributed by atoms with Gasteiger partial charge in [0.2, 0.25) is 0 Å². The molecule has 0 unspecified atom stereocenters. The van der Waals surface area contributed by atoms with Crippen LogP contribution in [0.3, 0.4) is 0 Å². The van der Waals surface area contributed by atoms with Gasteiger partial charge in [0.1, 0.15) is 0 Å². The first-order chi connectivity index (χ1) is 12.2. The second kappa shape index (κ2) is 9.67. The zero-order valence-corrected chi connectivity index (χ0v) is 18.3. The lowest BCUT2D eigenvalue weighted by atomic mass is 9.73. The van der Waals surface area contributed by atoms with Gasteiger partial charge in [-0.3, -0.25) is 0 Å².